The van der Waals surface area contributed by atoms with Gasteiger partial charge in [0.05, 0.1) is 28.8 Å². The third kappa shape index (κ3) is 3.32. The molecule has 0 fully saturated rings. The van der Waals surface area contributed by atoms with Crippen molar-refractivity contribution >= 4 is 44.4 Å². The smallest absolute Gasteiger partial charge is 0.261 e. The first-order valence-electron chi connectivity index (χ1n) is 6.77. The van der Waals surface area contributed by atoms with E-state index in [0.717, 1.165) is 9.37 Å². The van der Waals surface area contributed by atoms with Crippen LogP contribution in [0.15, 0.2) is 47.2 Å². The van der Waals surface area contributed by atoms with Gasteiger partial charge in [-0.05, 0) is 34.1 Å². The zero-order chi connectivity index (χ0) is 16.4. The highest BCUT2D eigenvalue weighted by molar-refractivity contribution is 9.10. The number of amides is 2. The van der Waals surface area contributed by atoms with Crippen LogP contribution in [0.5, 0.6) is 0 Å². The van der Waals surface area contributed by atoms with Gasteiger partial charge in [0.15, 0.2) is 0 Å². The summed E-state index contributed by atoms with van der Waals surface area (Å²) in [4.78, 5) is 29.5. The molecule has 8 heteroatoms. The van der Waals surface area contributed by atoms with Crippen LogP contribution in [0.25, 0.3) is 0 Å². The third-order valence-corrected chi connectivity index (χ3v) is 4.77. The molecule has 23 heavy (non-hydrogen) atoms. The Morgan fingerprint density at radius 2 is 1.78 bits per heavy atom. The number of halogens is 1. The summed E-state index contributed by atoms with van der Waals surface area (Å²) in [6.45, 7) is 0.0907. The lowest BCUT2D eigenvalue weighted by Gasteiger charge is -2.13. The summed E-state index contributed by atoms with van der Waals surface area (Å²) in [6, 6.07) is 8.42. The van der Waals surface area contributed by atoms with E-state index in [1.807, 2.05) is 0 Å². The number of nitrogens with one attached hydrogen (secondary N) is 1. The van der Waals surface area contributed by atoms with Crippen molar-refractivity contribution in [3.63, 3.8) is 0 Å². The fraction of sp³-hybridized carbons (Fsp3) is 0.133. The van der Waals surface area contributed by atoms with Gasteiger partial charge in [0.2, 0.25) is 0 Å². The minimum absolute atomic E-state index is 0.0907. The van der Waals surface area contributed by atoms with E-state index in [2.05, 4.69) is 25.6 Å². The number of carbonyl (C=O) groups is 2. The molecule has 0 saturated carbocycles. The summed E-state index contributed by atoms with van der Waals surface area (Å²) in [5.74, 6) is -0.545. The number of imide groups is 1. The van der Waals surface area contributed by atoms with Gasteiger partial charge in [-0.25, -0.2) is 4.21 Å². The molecule has 0 radical (unpaired) electrons. The SMILES string of the molecule is O=C1c2ccccc2C(=O)N1CCS(=O)Nc1cncc(Br)c1. The molecule has 1 aliphatic rings. The normalized spacial score (nSPS) is 14.7. The molecule has 2 amide bonds. The van der Waals surface area contributed by atoms with Crippen LogP contribution >= 0.6 is 15.9 Å². The van der Waals surface area contributed by atoms with Crippen molar-refractivity contribution in [1.82, 2.24) is 9.88 Å². The highest BCUT2D eigenvalue weighted by Crippen LogP contribution is 2.22. The minimum atomic E-state index is -1.43. The zero-order valence-electron chi connectivity index (χ0n) is 11.9. The number of rotatable bonds is 5. The number of pyridine rings is 1. The van der Waals surface area contributed by atoms with Crippen molar-refractivity contribution in [1.29, 1.82) is 0 Å². The van der Waals surface area contributed by atoms with Gasteiger partial charge in [0.1, 0.15) is 11.0 Å². The van der Waals surface area contributed by atoms with Gasteiger partial charge < -0.3 is 4.72 Å². The molecule has 1 N–H and O–H groups in total. The fourth-order valence-electron chi connectivity index (χ4n) is 2.27. The minimum Gasteiger partial charge on any atom is -0.304 e. The van der Waals surface area contributed by atoms with E-state index in [1.165, 1.54) is 0 Å². The van der Waals surface area contributed by atoms with Crippen molar-refractivity contribution in [2.75, 3.05) is 17.0 Å². The molecule has 0 bridgehead atoms. The second-order valence-corrected chi connectivity index (χ2v) is 7.07. The molecular weight excluding hydrogens is 382 g/mol. The Morgan fingerprint density at radius 1 is 1.13 bits per heavy atom. The van der Waals surface area contributed by atoms with Crippen LogP contribution in [0.2, 0.25) is 0 Å². The maximum absolute atomic E-state index is 12.2. The summed E-state index contributed by atoms with van der Waals surface area (Å²) in [7, 11) is -1.43. The molecule has 2 heterocycles. The molecule has 118 valence electrons. The molecule has 1 aromatic heterocycles. The zero-order valence-corrected chi connectivity index (χ0v) is 14.3. The summed E-state index contributed by atoms with van der Waals surface area (Å²) in [6.07, 6.45) is 3.16. The first kappa shape index (κ1) is 15.8. The second-order valence-electron chi connectivity index (χ2n) is 4.85. The monoisotopic (exact) mass is 393 g/mol. The van der Waals surface area contributed by atoms with Gasteiger partial charge in [-0.1, -0.05) is 12.1 Å². The fourth-order valence-corrected chi connectivity index (χ4v) is 3.46. The van der Waals surface area contributed by atoms with Crippen LogP contribution in [0.4, 0.5) is 5.69 Å². The molecule has 6 nitrogen and oxygen atoms in total. The van der Waals surface area contributed by atoms with Crippen molar-refractivity contribution in [2.45, 2.75) is 0 Å². The number of nitrogens with zero attached hydrogens (tertiary/aromatic N) is 2. The largest absolute Gasteiger partial charge is 0.304 e. The van der Waals surface area contributed by atoms with Gasteiger partial charge in [-0.2, -0.15) is 0 Å². The number of benzene rings is 1. The lowest BCUT2D eigenvalue weighted by atomic mass is 10.1. The standard InChI is InChI=1S/C15H12BrN3O3S/c16-10-7-11(9-17-8-10)18-23(22)6-5-19-14(20)12-3-1-2-4-13(12)15(19)21/h1-4,7-9,18H,5-6H2. The number of carbonyl (C=O) groups excluding carboxylic acids is 2. The summed E-state index contributed by atoms with van der Waals surface area (Å²) < 4.78 is 15.6. The maximum Gasteiger partial charge on any atom is 0.261 e. The van der Waals surface area contributed by atoms with Gasteiger partial charge >= 0.3 is 0 Å². The lowest BCUT2D eigenvalue weighted by Crippen LogP contribution is -2.34. The Hall–Kier alpha value is -2.06. The molecule has 1 aromatic carbocycles. The Bertz CT molecular complexity index is 777. The lowest BCUT2D eigenvalue weighted by molar-refractivity contribution is 0.0664. The predicted octanol–water partition coefficient (Wildman–Crippen LogP) is 2.22. The average Bonchev–Trinajstić information content (AvgIpc) is 2.77. The molecule has 1 atom stereocenters. The van der Waals surface area contributed by atoms with E-state index in [1.54, 1.807) is 42.7 Å². The summed E-state index contributed by atoms with van der Waals surface area (Å²) in [5, 5.41) is 0. The molecule has 1 unspecified atom stereocenters. The van der Waals surface area contributed by atoms with Gasteiger partial charge in [-0.15, -0.1) is 0 Å². The number of anilines is 1. The van der Waals surface area contributed by atoms with Gasteiger partial charge in [0.25, 0.3) is 11.8 Å². The Balaban J connectivity index is 1.62. The van der Waals surface area contributed by atoms with Crippen molar-refractivity contribution in [2.24, 2.45) is 0 Å². The van der Waals surface area contributed by atoms with E-state index < -0.39 is 11.0 Å². The molecule has 0 saturated heterocycles. The van der Waals surface area contributed by atoms with Crippen LogP contribution in [0.1, 0.15) is 20.7 Å². The van der Waals surface area contributed by atoms with Crippen LogP contribution in [-0.2, 0) is 11.0 Å². The van der Waals surface area contributed by atoms with Crippen molar-refractivity contribution in [3.05, 3.63) is 58.3 Å². The highest BCUT2D eigenvalue weighted by atomic mass is 79.9. The number of aromatic nitrogens is 1. The second kappa shape index (κ2) is 6.59. The van der Waals surface area contributed by atoms with Crippen LogP contribution in [0, 0.1) is 0 Å². The molecule has 2 aromatic rings. The van der Waals surface area contributed by atoms with E-state index >= 15 is 0 Å². The van der Waals surface area contributed by atoms with Crippen molar-refractivity contribution < 1.29 is 13.8 Å². The van der Waals surface area contributed by atoms with E-state index in [4.69, 9.17) is 0 Å². The first-order chi connectivity index (χ1) is 11.1. The topological polar surface area (TPSA) is 79.4 Å². The number of hydrogen-bond donors (Lipinski definition) is 1. The van der Waals surface area contributed by atoms with E-state index in [-0.39, 0.29) is 24.1 Å². The first-order valence-corrected chi connectivity index (χ1v) is 8.88. The Kier molecular flexibility index (Phi) is 4.53. The van der Waals surface area contributed by atoms with Crippen LogP contribution in [0.3, 0.4) is 0 Å². The highest BCUT2D eigenvalue weighted by Gasteiger charge is 2.34. The van der Waals surface area contributed by atoms with Gasteiger partial charge in [-0.3, -0.25) is 19.5 Å². The number of fused-ring (bicyclic) bond motifs is 1. The van der Waals surface area contributed by atoms with Gasteiger partial charge in [0, 0.05) is 17.2 Å². The molecule has 0 spiro atoms. The Labute approximate surface area is 143 Å². The molecule has 1 aliphatic heterocycles. The quantitative estimate of drug-likeness (QED) is 0.789. The summed E-state index contributed by atoms with van der Waals surface area (Å²) in [5.41, 5.74) is 1.39. The van der Waals surface area contributed by atoms with Crippen LogP contribution in [-0.4, -0.2) is 38.2 Å². The predicted molar refractivity (Wildman–Crippen MR) is 90.4 cm³/mol. The maximum atomic E-state index is 12.2. The third-order valence-electron chi connectivity index (χ3n) is 3.32. The van der Waals surface area contributed by atoms with Crippen LogP contribution < -0.4 is 4.72 Å². The van der Waals surface area contributed by atoms with Crippen molar-refractivity contribution in [3.8, 4) is 0 Å². The Morgan fingerprint density at radius 3 is 2.39 bits per heavy atom. The molecular formula is C15H12BrN3O3S. The summed E-state index contributed by atoms with van der Waals surface area (Å²) >= 11 is 3.28. The molecule has 3 rings (SSSR count). The molecule has 0 aliphatic carbocycles. The van der Waals surface area contributed by atoms with E-state index in [0.29, 0.717) is 16.8 Å². The number of hydrogen-bond acceptors (Lipinski definition) is 4. The average molecular weight is 394 g/mol. The van der Waals surface area contributed by atoms with E-state index in [9.17, 15) is 13.8 Å².